The summed E-state index contributed by atoms with van der Waals surface area (Å²) >= 11 is 5.86. The molecular formula is C24H28ClN3O6. The summed E-state index contributed by atoms with van der Waals surface area (Å²) < 4.78 is 0. The molecule has 2 amide bonds. The minimum atomic E-state index is -1.82. The van der Waals surface area contributed by atoms with Crippen molar-refractivity contribution in [2.45, 2.75) is 32.2 Å². The second-order valence-corrected chi connectivity index (χ2v) is 8.11. The van der Waals surface area contributed by atoms with Gasteiger partial charge in [0.05, 0.1) is 6.54 Å². The number of amides is 2. The van der Waals surface area contributed by atoms with Gasteiger partial charge >= 0.3 is 11.9 Å². The Hall–Kier alpha value is -3.43. The van der Waals surface area contributed by atoms with Crippen LogP contribution < -0.4 is 10.6 Å². The maximum absolute atomic E-state index is 12.6. The molecule has 182 valence electrons. The summed E-state index contributed by atoms with van der Waals surface area (Å²) in [6.45, 7) is 2.46. The fourth-order valence-corrected chi connectivity index (χ4v) is 3.41. The first kappa shape index (κ1) is 26.8. The Morgan fingerprint density at radius 1 is 0.824 bits per heavy atom. The number of benzene rings is 2. The molecule has 1 saturated heterocycles. The van der Waals surface area contributed by atoms with Crippen molar-refractivity contribution in [2.24, 2.45) is 0 Å². The average molecular weight is 490 g/mol. The maximum Gasteiger partial charge on any atom is 0.414 e. The van der Waals surface area contributed by atoms with Crippen LogP contribution in [0.5, 0.6) is 0 Å². The topological polar surface area (TPSA) is 136 Å². The van der Waals surface area contributed by atoms with Gasteiger partial charge in [0.2, 0.25) is 5.91 Å². The van der Waals surface area contributed by atoms with E-state index in [1.807, 2.05) is 29.2 Å². The fraction of sp³-hybridized carbons (Fsp3) is 0.333. The average Bonchev–Trinajstić information content (AvgIpc) is 3.10. The number of carboxylic acids is 2. The number of aliphatic carboxylic acids is 2. The lowest BCUT2D eigenvalue weighted by Crippen LogP contribution is -2.31. The Bertz CT molecular complexity index is 959. The van der Waals surface area contributed by atoms with Crippen molar-refractivity contribution in [2.75, 3.05) is 25.0 Å². The van der Waals surface area contributed by atoms with Crippen LogP contribution in [0.25, 0.3) is 0 Å². The maximum atomic E-state index is 12.6. The van der Waals surface area contributed by atoms with Gasteiger partial charge in [-0.2, -0.15) is 0 Å². The van der Waals surface area contributed by atoms with Crippen LogP contribution in [0.15, 0.2) is 48.5 Å². The van der Waals surface area contributed by atoms with E-state index >= 15 is 0 Å². The predicted octanol–water partition coefficient (Wildman–Crippen LogP) is 3.24. The number of likely N-dealkylation sites (tertiary alicyclic amines) is 1. The van der Waals surface area contributed by atoms with E-state index in [1.54, 1.807) is 24.3 Å². The fourth-order valence-electron chi connectivity index (χ4n) is 3.28. The third-order valence-corrected chi connectivity index (χ3v) is 5.27. The summed E-state index contributed by atoms with van der Waals surface area (Å²) in [5, 5.41) is 21.4. The van der Waals surface area contributed by atoms with Crippen molar-refractivity contribution in [3.8, 4) is 0 Å². The molecular weight excluding hydrogens is 462 g/mol. The van der Waals surface area contributed by atoms with Crippen LogP contribution in [0.2, 0.25) is 5.02 Å². The van der Waals surface area contributed by atoms with E-state index in [-0.39, 0.29) is 18.4 Å². The number of nitrogens with zero attached hydrogens (tertiary/aromatic N) is 1. The van der Waals surface area contributed by atoms with Crippen LogP contribution in [0.4, 0.5) is 5.69 Å². The largest absolute Gasteiger partial charge is 0.473 e. The van der Waals surface area contributed by atoms with Gasteiger partial charge in [0.1, 0.15) is 0 Å². The Labute approximate surface area is 202 Å². The summed E-state index contributed by atoms with van der Waals surface area (Å²) in [7, 11) is 0. The monoisotopic (exact) mass is 489 g/mol. The zero-order valence-electron chi connectivity index (χ0n) is 18.6. The van der Waals surface area contributed by atoms with Crippen LogP contribution in [0, 0.1) is 0 Å². The van der Waals surface area contributed by atoms with E-state index in [4.69, 9.17) is 31.4 Å². The highest BCUT2D eigenvalue weighted by Gasteiger charge is 2.17. The smallest absolute Gasteiger partial charge is 0.414 e. The Morgan fingerprint density at radius 3 is 1.91 bits per heavy atom. The minimum Gasteiger partial charge on any atom is -0.473 e. The number of nitrogens with one attached hydrogen (secondary N) is 2. The number of carboxylic acid groups (broad SMARTS) is 2. The summed E-state index contributed by atoms with van der Waals surface area (Å²) in [5.74, 6) is -3.70. The molecule has 1 fully saturated rings. The molecule has 2 aromatic carbocycles. The van der Waals surface area contributed by atoms with Crippen molar-refractivity contribution in [1.29, 1.82) is 0 Å². The molecule has 0 spiro atoms. The molecule has 0 aromatic heterocycles. The molecule has 0 atom stereocenters. The Balaban J connectivity index is 0.000000604. The first-order valence-corrected chi connectivity index (χ1v) is 11.2. The van der Waals surface area contributed by atoms with E-state index in [0.717, 1.165) is 31.5 Å². The standard InChI is InChI=1S/C22H26ClN3O2.C2H2O4/c23-19-9-5-17(6-10-19)15-24-16-21(27)25-20-11-7-18(8-12-20)22(28)26-13-3-1-2-4-14-26;3-1(4)2(5)6/h5-12,24H,1-4,13-16H2,(H,25,27);(H,3,4)(H,5,6). The van der Waals surface area contributed by atoms with Crippen LogP contribution in [0.1, 0.15) is 41.6 Å². The molecule has 0 unspecified atom stereocenters. The summed E-state index contributed by atoms with van der Waals surface area (Å²) in [4.78, 5) is 44.8. The van der Waals surface area contributed by atoms with Gasteiger partial charge in [-0.3, -0.25) is 9.59 Å². The first-order chi connectivity index (χ1) is 16.3. The molecule has 1 heterocycles. The molecule has 0 saturated carbocycles. The first-order valence-electron chi connectivity index (χ1n) is 10.9. The van der Waals surface area contributed by atoms with Gasteiger partial charge in [0.25, 0.3) is 5.91 Å². The predicted molar refractivity (Wildman–Crippen MR) is 128 cm³/mol. The normalized spacial score (nSPS) is 13.1. The molecule has 4 N–H and O–H groups in total. The van der Waals surface area contributed by atoms with E-state index in [2.05, 4.69) is 10.6 Å². The van der Waals surface area contributed by atoms with Gasteiger partial charge in [-0.1, -0.05) is 36.6 Å². The van der Waals surface area contributed by atoms with E-state index in [9.17, 15) is 9.59 Å². The second-order valence-electron chi connectivity index (χ2n) is 7.67. The SMILES string of the molecule is O=C(CNCc1ccc(Cl)cc1)Nc1ccc(C(=O)N2CCCCCC2)cc1.O=C(O)C(=O)O. The van der Waals surface area contributed by atoms with Gasteiger partial charge in [-0.25, -0.2) is 9.59 Å². The molecule has 0 bridgehead atoms. The third kappa shape index (κ3) is 9.60. The van der Waals surface area contributed by atoms with Crippen molar-refractivity contribution in [3.63, 3.8) is 0 Å². The molecule has 9 nitrogen and oxygen atoms in total. The summed E-state index contributed by atoms with van der Waals surface area (Å²) in [5.41, 5.74) is 2.42. The van der Waals surface area contributed by atoms with Crippen LogP contribution in [-0.4, -0.2) is 58.5 Å². The number of anilines is 1. The number of hydrogen-bond acceptors (Lipinski definition) is 5. The highest BCUT2D eigenvalue weighted by Crippen LogP contribution is 2.15. The van der Waals surface area contributed by atoms with Gasteiger partial charge in [0, 0.05) is 35.9 Å². The van der Waals surface area contributed by atoms with Crippen molar-refractivity contribution in [3.05, 3.63) is 64.7 Å². The summed E-state index contributed by atoms with van der Waals surface area (Å²) in [6, 6.07) is 14.6. The second kappa shape index (κ2) is 14.0. The van der Waals surface area contributed by atoms with Crippen molar-refractivity contribution in [1.82, 2.24) is 10.2 Å². The lowest BCUT2D eigenvalue weighted by atomic mass is 10.1. The number of carbonyl (C=O) groups excluding carboxylic acids is 2. The molecule has 0 aliphatic carbocycles. The van der Waals surface area contributed by atoms with Gasteiger partial charge in [-0.05, 0) is 54.8 Å². The van der Waals surface area contributed by atoms with Crippen LogP contribution in [-0.2, 0) is 20.9 Å². The number of carbonyl (C=O) groups is 4. The lowest BCUT2D eigenvalue weighted by molar-refractivity contribution is -0.159. The molecule has 34 heavy (non-hydrogen) atoms. The van der Waals surface area contributed by atoms with Crippen LogP contribution in [0.3, 0.4) is 0 Å². The number of rotatable bonds is 6. The zero-order valence-corrected chi connectivity index (χ0v) is 19.4. The summed E-state index contributed by atoms with van der Waals surface area (Å²) in [6.07, 6.45) is 4.54. The molecule has 2 aromatic rings. The van der Waals surface area contributed by atoms with Crippen LogP contribution >= 0.6 is 11.6 Å². The third-order valence-electron chi connectivity index (χ3n) is 5.02. The van der Waals surface area contributed by atoms with Gasteiger partial charge in [0.15, 0.2) is 0 Å². The molecule has 3 rings (SSSR count). The van der Waals surface area contributed by atoms with E-state index in [0.29, 0.717) is 22.8 Å². The van der Waals surface area contributed by atoms with Crippen molar-refractivity contribution >= 4 is 41.0 Å². The minimum absolute atomic E-state index is 0.0735. The zero-order chi connectivity index (χ0) is 24.9. The molecule has 1 aliphatic heterocycles. The Morgan fingerprint density at radius 2 is 1.38 bits per heavy atom. The molecule has 10 heteroatoms. The number of hydrogen-bond donors (Lipinski definition) is 4. The molecule has 1 aliphatic rings. The number of halogens is 1. The lowest BCUT2D eigenvalue weighted by Gasteiger charge is -2.20. The van der Waals surface area contributed by atoms with Gasteiger partial charge in [-0.15, -0.1) is 0 Å². The highest BCUT2D eigenvalue weighted by molar-refractivity contribution is 6.30. The Kier molecular flexibility index (Phi) is 11.0. The quantitative estimate of drug-likeness (QED) is 0.457. The highest BCUT2D eigenvalue weighted by atomic mass is 35.5. The van der Waals surface area contributed by atoms with E-state index < -0.39 is 11.9 Å². The van der Waals surface area contributed by atoms with Gasteiger partial charge < -0.3 is 25.7 Å². The van der Waals surface area contributed by atoms with E-state index in [1.165, 1.54) is 12.8 Å². The molecule has 0 radical (unpaired) electrons. The van der Waals surface area contributed by atoms with Crippen molar-refractivity contribution < 1.29 is 29.4 Å².